The molecular formula is C27H31ClO17. The van der Waals surface area contributed by atoms with Gasteiger partial charge in [0, 0.05) is 18.2 Å². The van der Waals surface area contributed by atoms with Crippen LogP contribution in [0.3, 0.4) is 0 Å². The lowest BCUT2D eigenvalue weighted by atomic mass is 9.98. The fourth-order valence-electron chi connectivity index (χ4n) is 4.86. The molecule has 2 fully saturated rings. The van der Waals surface area contributed by atoms with Crippen molar-refractivity contribution in [3.8, 4) is 51.6 Å². The van der Waals surface area contributed by atoms with Gasteiger partial charge in [0.1, 0.15) is 48.1 Å². The Morgan fingerprint density at radius 1 is 0.667 bits per heavy atom. The minimum absolute atomic E-state index is 0. The molecule has 5 rings (SSSR count). The highest BCUT2D eigenvalue weighted by Crippen LogP contribution is 2.47. The second kappa shape index (κ2) is 13.0. The van der Waals surface area contributed by atoms with Crippen LogP contribution in [0.2, 0.25) is 0 Å². The molecule has 3 aromatic rings. The summed E-state index contributed by atoms with van der Waals surface area (Å²) in [4.78, 5) is 0. The maximum absolute atomic E-state index is 10.7. The second-order valence-corrected chi connectivity index (χ2v) is 10.5. The summed E-state index contributed by atoms with van der Waals surface area (Å²) in [5.74, 6) is -5.64. The maximum atomic E-state index is 10.7. The summed E-state index contributed by atoms with van der Waals surface area (Å²) >= 11 is 0. The van der Waals surface area contributed by atoms with E-state index in [9.17, 15) is 61.3 Å². The molecule has 45 heavy (non-hydrogen) atoms. The van der Waals surface area contributed by atoms with Crippen molar-refractivity contribution in [3.05, 3.63) is 24.3 Å². The van der Waals surface area contributed by atoms with Gasteiger partial charge in [-0.25, -0.2) is 4.42 Å². The Hall–Kier alpha value is -3.62. The molecule has 0 amide bonds. The minimum Gasteiger partial charge on any atom is -1.00 e. The zero-order chi connectivity index (χ0) is 32.2. The second-order valence-electron chi connectivity index (χ2n) is 10.5. The lowest BCUT2D eigenvalue weighted by Crippen LogP contribution is -3.00. The molecule has 17 nitrogen and oxygen atoms in total. The largest absolute Gasteiger partial charge is 1.00 e. The van der Waals surface area contributed by atoms with E-state index in [0.29, 0.717) is 0 Å². The van der Waals surface area contributed by atoms with Crippen molar-refractivity contribution in [1.82, 2.24) is 0 Å². The van der Waals surface area contributed by atoms with E-state index < -0.39 is 108 Å². The summed E-state index contributed by atoms with van der Waals surface area (Å²) < 4.78 is 28.0. The number of ether oxygens (including phenoxy) is 4. The average Bonchev–Trinajstić information content (AvgIpc) is 2.99. The first-order chi connectivity index (χ1) is 20.7. The molecule has 3 heterocycles. The summed E-state index contributed by atoms with van der Waals surface area (Å²) in [6.07, 6.45) is -16.0. The molecule has 12 N–H and O–H groups in total. The van der Waals surface area contributed by atoms with Gasteiger partial charge in [-0.1, -0.05) is 0 Å². The van der Waals surface area contributed by atoms with Crippen LogP contribution in [-0.2, 0) is 14.2 Å². The molecule has 0 saturated carbocycles. The fraction of sp³-hybridized carbons (Fsp3) is 0.444. The number of fused-ring (bicyclic) bond motifs is 1. The Balaban J connectivity index is 0.00000461. The number of halogens is 1. The summed E-state index contributed by atoms with van der Waals surface area (Å²) in [7, 11) is 0. The molecule has 0 radical (unpaired) electrons. The van der Waals surface area contributed by atoms with Gasteiger partial charge in [0.25, 0.3) is 0 Å². The topological polar surface area (TPSA) is 291 Å². The summed E-state index contributed by atoms with van der Waals surface area (Å²) in [5, 5.41) is 122. The zero-order valence-electron chi connectivity index (χ0n) is 23.1. The SMILES string of the molecule is C[C@@H]1O[C@@H](OC[C@H]2OC(Oc3cc4c(O)c(O)c(O)cc4[o+]c3-c3cc(O)c(O)c(O)c3)[C@H](O)[C@@H](O)[C@@H]2O)[C@H](O)[C@H](O)[C@H]1O.[Cl-]. The van der Waals surface area contributed by atoms with Crippen molar-refractivity contribution in [1.29, 1.82) is 0 Å². The van der Waals surface area contributed by atoms with Crippen LogP contribution in [0.1, 0.15) is 6.92 Å². The van der Waals surface area contributed by atoms with Gasteiger partial charge in [-0.15, -0.1) is 0 Å². The molecule has 0 bridgehead atoms. The normalized spacial score (nSPS) is 31.8. The Morgan fingerprint density at radius 3 is 1.89 bits per heavy atom. The van der Waals surface area contributed by atoms with Crippen LogP contribution in [0.25, 0.3) is 22.3 Å². The summed E-state index contributed by atoms with van der Waals surface area (Å²) in [5.41, 5.74) is -0.363. The quantitative estimate of drug-likeness (QED) is 0.0877. The monoisotopic (exact) mass is 662 g/mol. The Labute approximate surface area is 258 Å². The third-order valence-corrected chi connectivity index (χ3v) is 7.44. The molecule has 18 heteroatoms. The number of phenolic OH excluding ortho intramolecular Hbond substituents is 6. The molecule has 2 aliphatic rings. The highest BCUT2D eigenvalue weighted by atomic mass is 35.5. The van der Waals surface area contributed by atoms with E-state index in [4.69, 9.17) is 23.4 Å². The molecule has 0 spiro atoms. The van der Waals surface area contributed by atoms with E-state index in [2.05, 4.69) is 0 Å². The van der Waals surface area contributed by atoms with Gasteiger partial charge in [0.15, 0.2) is 35.0 Å². The van der Waals surface area contributed by atoms with Crippen molar-refractivity contribution in [2.75, 3.05) is 6.61 Å². The molecule has 2 saturated heterocycles. The van der Waals surface area contributed by atoms with Gasteiger partial charge in [0.2, 0.25) is 17.8 Å². The van der Waals surface area contributed by atoms with E-state index in [1.165, 1.54) is 6.92 Å². The zero-order valence-corrected chi connectivity index (χ0v) is 23.8. The third-order valence-electron chi connectivity index (χ3n) is 7.44. The van der Waals surface area contributed by atoms with Crippen LogP contribution >= 0.6 is 0 Å². The van der Waals surface area contributed by atoms with Crippen molar-refractivity contribution in [2.24, 2.45) is 0 Å². The Kier molecular flexibility index (Phi) is 9.90. The number of aliphatic hydroxyl groups is 6. The Morgan fingerprint density at radius 2 is 1.24 bits per heavy atom. The number of aromatic hydroxyl groups is 6. The van der Waals surface area contributed by atoms with Crippen LogP contribution in [0.5, 0.6) is 40.2 Å². The first-order valence-corrected chi connectivity index (χ1v) is 13.2. The number of rotatable bonds is 6. The number of hydrogen-bond donors (Lipinski definition) is 12. The molecule has 1 unspecified atom stereocenters. The van der Waals surface area contributed by atoms with Gasteiger partial charge in [-0.05, 0) is 6.92 Å². The van der Waals surface area contributed by atoms with Crippen molar-refractivity contribution in [3.63, 3.8) is 0 Å². The maximum Gasteiger partial charge on any atom is 0.402 e. The molecule has 2 aromatic carbocycles. The third kappa shape index (κ3) is 6.27. The van der Waals surface area contributed by atoms with Crippen molar-refractivity contribution in [2.45, 2.75) is 68.3 Å². The fourth-order valence-corrected chi connectivity index (χ4v) is 4.86. The van der Waals surface area contributed by atoms with E-state index in [0.717, 1.165) is 24.3 Å². The van der Waals surface area contributed by atoms with Gasteiger partial charge >= 0.3 is 11.3 Å². The first-order valence-electron chi connectivity index (χ1n) is 13.2. The van der Waals surface area contributed by atoms with Crippen molar-refractivity contribution < 1.29 is 97.0 Å². The molecular weight excluding hydrogens is 632 g/mol. The summed E-state index contributed by atoms with van der Waals surface area (Å²) in [6.45, 7) is 0.829. The summed E-state index contributed by atoms with van der Waals surface area (Å²) in [6, 6.07) is 3.93. The molecule has 10 atom stereocenters. The predicted molar refractivity (Wildman–Crippen MR) is 142 cm³/mol. The standard InChI is InChI=1S/C27H30O17.ClH/c1-7-16(31)21(36)23(38)26(41-7)40-6-15-20(35)22(37)24(39)27(44-15)43-14-4-9-13(5-12(30)19(34)17(9)32)42-25(14)8-2-10(28)18(33)11(29)3-8;/h2-5,7,15-16,20-24,26-27,31,35-39H,6H2,1H3,(H5-,28,29,30,32,33,34);1H/t7-,15+,16-,20+,21+,22-,23+,24+,26+,27?;/m0./s1. The average molecular weight is 663 g/mol. The van der Waals surface area contributed by atoms with Crippen molar-refractivity contribution >= 4 is 11.0 Å². The highest BCUT2D eigenvalue weighted by Gasteiger charge is 2.48. The van der Waals surface area contributed by atoms with E-state index in [-0.39, 0.29) is 34.7 Å². The van der Waals surface area contributed by atoms with E-state index in [1.54, 1.807) is 0 Å². The molecule has 248 valence electrons. The molecule has 2 aliphatic heterocycles. The number of benzene rings is 2. The lowest BCUT2D eigenvalue weighted by Gasteiger charge is -2.42. The first kappa shape index (κ1) is 34.3. The van der Waals surface area contributed by atoms with Gasteiger partial charge in [0.05, 0.1) is 24.3 Å². The van der Waals surface area contributed by atoms with Crippen LogP contribution < -0.4 is 17.1 Å². The van der Waals surface area contributed by atoms with Gasteiger partial charge in [-0.3, -0.25) is 0 Å². The van der Waals surface area contributed by atoms with Gasteiger partial charge < -0.3 is 92.6 Å². The van der Waals surface area contributed by atoms with Crippen LogP contribution in [0, 0.1) is 0 Å². The lowest BCUT2D eigenvalue weighted by molar-refractivity contribution is -0.318. The predicted octanol–water partition coefficient (Wildman–Crippen LogP) is -4.35. The molecule has 1 aromatic heterocycles. The van der Waals surface area contributed by atoms with E-state index >= 15 is 0 Å². The minimum atomic E-state index is -1.93. The molecule has 0 aliphatic carbocycles. The Bertz CT molecular complexity index is 1510. The number of hydrogen-bond acceptors (Lipinski definition) is 16. The smallest absolute Gasteiger partial charge is 0.402 e. The van der Waals surface area contributed by atoms with Crippen LogP contribution in [-0.4, -0.2) is 129 Å². The van der Waals surface area contributed by atoms with Crippen LogP contribution in [0.4, 0.5) is 0 Å². The van der Waals surface area contributed by atoms with E-state index in [1.807, 2.05) is 0 Å². The van der Waals surface area contributed by atoms with Crippen LogP contribution in [0.15, 0.2) is 28.7 Å². The van der Waals surface area contributed by atoms with Gasteiger partial charge in [-0.2, -0.15) is 0 Å². The highest BCUT2D eigenvalue weighted by molar-refractivity contribution is 5.91. The number of aliphatic hydroxyl groups excluding tert-OH is 6. The number of phenols is 6.